The minimum absolute atomic E-state index is 0.153. The molecule has 0 bridgehead atoms. The second kappa shape index (κ2) is 4.18. The maximum atomic E-state index is 11.5. The van der Waals surface area contributed by atoms with Crippen LogP contribution in [0.25, 0.3) is 0 Å². The molecule has 0 radical (unpaired) electrons. The molecule has 2 rings (SSSR count). The van der Waals surface area contributed by atoms with Crippen LogP contribution in [0.3, 0.4) is 0 Å². The summed E-state index contributed by atoms with van der Waals surface area (Å²) >= 11 is 0. The molecule has 0 spiro atoms. The Balaban J connectivity index is 1.90. The van der Waals surface area contributed by atoms with Crippen molar-refractivity contribution in [3.8, 4) is 0 Å². The van der Waals surface area contributed by atoms with Crippen LogP contribution in [0.2, 0.25) is 0 Å². The van der Waals surface area contributed by atoms with Gasteiger partial charge in [-0.3, -0.25) is 4.79 Å². The Hall–Kier alpha value is -1.47. The van der Waals surface area contributed by atoms with E-state index < -0.39 is 5.60 Å². The molecule has 1 aromatic rings. The number of nitrogens with zero attached hydrogens (tertiary/aromatic N) is 2. The first-order valence-electron chi connectivity index (χ1n) is 5.10. The topological polar surface area (TPSA) is 100 Å². The Kier molecular flexibility index (Phi) is 2.88. The van der Waals surface area contributed by atoms with Crippen molar-refractivity contribution >= 4 is 5.91 Å². The van der Waals surface area contributed by atoms with E-state index in [9.17, 15) is 9.90 Å². The number of nitrogens with one attached hydrogen (secondary N) is 2. The van der Waals surface area contributed by atoms with Gasteiger partial charge in [-0.25, -0.2) is 0 Å². The number of amides is 1. The van der Waals surface area contributed by atoms with E-state index >= 15 is 0 Å². The quantitative estimate of drug-likeness (QED) is 0.618. The summed E-state index contributed by atoms with van der Waals surface area (Å²) in [5, 5.41) is 22.3. The summed E-state index contributed by atoms with van der Waals surface area (Å²) in [5.41, 5.74) is -0.783. The molecule has 0 saturated carbocycles. The number of carbonyl (C=O) groups excluding carboxylic acids is 1. The average Bonchev–Trinajstić information content (AvgIpc) is 2.87. The largest absolute Gasteiger partial charge is 0.385 e. The summed E-state index contributed by atoms with van der Waals surface area (Å²) in [6, 6.07) is 0. The van der Waals surface area contributed by atoms with Crippen molar-refractivity contribution in [2.24, 2.45) is 0 Å². The van der Waals surface area contributed by atoms with Crippen molar-refractivity contribution in [3.05, 3.63) is 11.9 Å². The average molecular weight is 226 g/mol. The van der Waals surface area contributed by atoms with Crippen molar-refractivity contribution < 1.29 is 14.6 Å². The highest BCUT2D eigenvalue weighted by atomic mass is 16.5. The van der Waals surface area contributed by atoms with Crippen LogP contribution in [0.1, 0.15) is 23.8 Å². The number of aliphatic hydroxyl groups is 1. The van der Waals surface area contributed by atoms with Gasteiger partial charge in [0.15, 0.2) is 5.69 Å². The normalized spacial score (nSPS) is 29.2. The van der Waals surface area contributed by atoms with Crippen LogP contribution in [0.5, 0.6) is 0 Å². The third-order valence-electron chi connectivity index (χ3n) is 2.86. The number of carbonyl (C=O) groups is 1. The zero-order chi connectivity index (χ0) is 11.6. The van der Waals surface area contributed by atoms with Gasteiger partial charge in [0.2, 0.25) is 0 Å². The van der Waals surface area contributed by atoms with Crippen LogP contribution in [0.15, 0.2) is 6.20 Å². The Morgan fingerprint density at radius 1 is 1.88 bits per heavy atom. The lowest BCUT2D eigenvalue weighted by Crippen LogP contribution is -2.47. The lowest BCUT2D eigenvalue weighted by Gasteiger charge is -2.25. The van der Waals surface area contributed by atoms with E-state index in [1.165, 1.54) is 6.20 Å². The van der Waals surface area contributed by atoms with E-state index in [0.717, 1.165) is 0 Å². The molecular formula is C9H14N4O3. The lowest BCUT2D eigenvalue weighted by atomic mass is 9.97. The van der Waals surface area contributed by atoms with E-state index in [2.05, 4.69) is 20.7 Å². The molecular weight excluding hydrogens is 212 g/mol. The van der Waals surface area contributed by atoms with E-state index in [0.29, 0.717) is 13.0 Å². The van der Waals surface area contributed by atoms with Gasteiger partial charge in [-0.2, -0.15) is 15.4 Å². The summed E-state index contributed by atoms with van der Waals surface area (Å²) in [6.07, 6.45) is 1.58. The highest BCUT2D eigenvalue weighted by Crippen LogP contribution is 2.24. The number of hydrogen-bond acceptors (Lipinski definition) is 5. The summed E-state index contributed by atoms with van der Waals surface area (Å²) in [5.74, 6) is -0.360. The Morgan fingerprint density at radius 3 is 3.25 bits per heavy atom. The van der Waals surface area contributed by atoms with Gasteiger partial charge in [0, 0.05) is 19.6 Å². The highest BCUT2D eigenvalue weighted by Gasteiger charge is 2.39. The number of aromatic nitrogens is 3. The number of aromatic amines is 1. The first-order chi connectivity index (χ1) is 7.62. The number of H-pyrrole nitrogens is 1. The van der Waals surface area contributed by atoms with Crippen LogP contribution in [0, 0.1) is 0 Å². The Labute approximate surface area is 92.2 Å². The van der Waals surface area contributed by atoms with Crippen LogP contribution in [-0.2, 0) is 4.74 Å². The standard InChI is InChI=1S/C9H14N4O3/c1-6-9(15,2-3-16-6)5-10-8(14)7-4-11-13-12-7/h4,6,15H,2-3,5H2,1H3,(H,10,14)(H,11,12,13). The highest BCUT2D eigenvalue weighted by molar-refractivity contribution is 5.91. The molecule has 0 aromatic carbocycles. The van der Waals surface area contributed by atoms with Crippen molar-refractivity contribution in [1.29, 1.82) is 0 Å². The van der Waals surface area contributed by atoms with E-state index in [1.54, 1.807) is 6.92 Å². The summed E-state index contributed by atoms with van der Waals surface area (Å²) in [4.78, 5) is 11.5. The molecule has 2 atom stereocenters. The van der Waals surface area contributed by atoms with Crippen LogP contribution < -0.4 is 5.32 Å². The second-order valence-corrected chi connectivity index (χ2v) is 3.90. The number of rotatable bonds is 3. The third kappa shape index (κ3) is 2.05. The zero-order valence-electron chi connectivity index (χ0n) is 8.93. The van der Waals surface area contributed by atoms with Crippen LogP contribution in [-0.4, -0.2) is 51.3 Å². The van der Waals surface area contributed by atoms with Gasteiger partial charge in [-0.15, -0.1) is 0 Å². The zero-order valence-corrected chi connectivity index (χ0v) is 8.93. The minimum atomic E-state index is -0.987. The first kappa shape index (κ1) is 11.0. The molecule has 1 aromatic heterocycles. The van der Waals surface area contributed by atoms with Gasteiger partial charge in [-0.05, 0) is 6.92 Å². The Morgan fingerprint density at radius 2 is 2.69 bits per heavy atom. The molecule has 0 aliphatic carbocycles. The van der Waals surface area contributed by atoms with E-state index in [4.69, 9.17) is 4.74 Å². The SMILES string of the molecule is CC1OCCC1(O)CNC(=O)c1cn[nH]n1. The second-order valence-electron chi connectivity index (χ2n) is 3.90. The molecule has 1 fully saturated rings. The van der Waals surface area contributed by atoms with E-state index in [-0.39, 0.29) is 24.2 Å². The minimum Gasteiger partial charge on any atom is -0.385 e. The van der Waals surface area contributed by atoms with Crippen molar-refractivity contribution in [2.75, 3.05) is 13.2 Å². The fourth-order valence-corrected chi connectivity index (χ4v) is 1.64. The van der Waals surface area contributed by atoms with Gasteiger partial charge >= 0.3 is 0 Å². The van der Waals surface area contributed by atoms with Crippen LogP contribution in [0.4, 0.5) is 0 Å². The van der Waals surface area contributed by atoms with Crippen molar-refractivity contribution in [1.82, 2.24) is 20.7 Å². The molecule has 3 N–H and O–H groups in total. The van der Waals surface area contributed by atoms with Gasteiger partial charge in [0.05, 0.1) is 12.3 Å². The first-order valence-corrected chi connectivity index (χ1v) is 5.10. The number of ether oxygens (including phenoxy) is 1. The molecule has 1 aliphatic rings. The maximum absolute atomic E-state index is 11.5. The summed E-state index contributed by atoms with van der Waals surface area (Å²) < 4.78 is 5.26. The Bertz CT molecular complexity index is 367. The summed E-state index contributed by atoms with van der Waals surface area (Å²) in [7, 11) is 0. The predicted molar refractivity (Wildman–Crippen MR) is 53.7 cm³/mol. The predicted octanol–water partition coefficient (Wildman–Crippen LogP) is -0.926. The lowest BCUT2D eigenvalue weighted by molar-refractivity contribution is -0.0252. The van der Waals surface area contributed by atoms with Gasteiger partial charge in [0.1, 0.15) is 5.60 Å². The number of hydrogen-bond donors (Lipinski definition) is 3. The van der Waals surface area contributed by atoms with E-state index in [1.807, 2.05) is 0 Å². The molecule has 7 heteroatoms. The molecule has 1 aliphatic heterocycles. The van der Waals surface area contributed by atoms with Gasteiger partial charge in [0.25, 0.3) is 5.91 Å². The smallest absolute Gasteiger partial charge is 0.273 e. The molecule has 1 saturated heterocycles. The van der Waals surface area contributed by atoms with Crippen molar-refractivity contribution in [2.45, 2.75) is 25.0 Å². The van der Waals surface area contributed by atoms with Gasteiger partial charge < -0.3 is 15.2 Å². The molecule has 88 valence electrons. The third-order valence-corrected chi connectivity index (χ3v) is 2.86. The maximum Gasteiger partial charge on any atom is 0.273 e. The summed E-state index contributed by atoms with van der Waals surface area (Å²) in [6.45, 7) is 2.45. The van der Waals surface area contributed by atoms with Crippen LogP contribution >= 0.6 is 0 Å². The molecule has 7 nitrogen and oxygen atoms in total. The molecule has 2 heterocycles. The van der Waals surface area contributed by atoms with Gasteiger partial charge in [-0.1, -0.05) is 0 Å². The molecule has 1 amide bonds. The fourth-order valence-electron chi connectivity index (χ4n) is 1.64. The van der Waals surface area contributed by atoms with Crippen molar-refractivity contribution in [3.63, 3.8) is 0 Å². The molecule has 2 unspecified atom stereocenters. The fraction of sp³-hybridized carbons (Fsp3) is 0.667. The monoisotopic (exact) mass is 226 g/mol. The molecule has 16 heavy (non-hydrogen) atoms.